The molecule has 1 aromatic heterocycles. The number of nitrogens with zero attached hydrogens (tertiary/aromatic N) is 3. The fourth-order valence-electron chi connectivity index (χ4n) is 4.00. The SMILES string of the molecule is CCC(C)N(C(=O)Cn1c(CNC(=O)c2cccc(OC)c2)nc2ccccc21)C(C)CC. The molecule has 1 heterocycles. The zero-order valence-electron chi connectivity index (χ0n) is 20.2. The number of imidazole rings is 1. The van der Waals surface area contributed by atoms with E-state index in [1.54, 1.807) is 31.4 Å². The van der Waals surface area contributed by atoms with E-state index in [1.165, 1.54) is 0 Å². The van der Waals surface area contributed by atoms with Crippen LogP contribution < -0.4 is 10.1 Å². The Balaban J connectivity index is 1.86. The first kappa shape index (κ1) is 24.3. The van der Waals surface area contributed by atoms with Crippen LogP contribution in [0.3, 0.4) is 0 Å². The number of para-hydroxylation sites is 2. The van der Waals surface area contributed by atoms with Crippen molar-refractivity contribution in [2.24, 2.45) is 0 Å². The Morgan fingerprint density at radius 3 is 2.42 bits per heavy atom. The van der Waals surface area contributed by atoms with Crippen LogP contribution in [0.1, 0.15) is 56.7 Å². The van der Waals surface area contributed by atoms with Gasteiger partial charge in [-0.05, 0) is 57.0 Å². The summed E-state index contributed by atoms with van der Waals surface area (Å²) >= 11 is 0. The molecule has 0 radical (unpaired) electrons. The topological polar surface area (TPSA) is 76.5 Å². The summed E-state index contributed by atoms with van der Waals surface area (Å²) in [6, 6.07) is 15.0. The summed E-state index contributed by atoms with van der Waals surface area (Å²) in [5.41, 5.74) is 2.19. The number of carbonyl (C=O) groups is 2. The summed E-state index contributed by atoms with van der Waals surface area (Å²) < 4.78 is 7.13. The lowest BCUT2D eigenvalue weighted by atomic mass is 10.1. The second-order valence-electron chi connectivity index (χ2n) is 8.33. The number of aromatic nitrogens is 2. The van der Waals surface area contributed by atoms with Gasteiger partial charge in [0.05, 0.1) is 24.7 Å². The average molecular weight is 451 g/mol. The molecule has 3 aromatic rings. The molecule has 0 bridgehead atoms. The zero-order valence-corrected chi connectivity index (χ0v) is 20.2. The second-order valence-corrected chi connectivity index (χ2v) is 8.33. The van der Waals surface area contributed by atoms with Gasteiger partial charge in [-0.25, -0.2) is 4.98 Å². The van der Waals surface area contributed by atoms with Crippen LogP contribution in [0.4, 0.5) is 0 Å². The molecule has 7 heteroatoms. The summed E-state index contributed by atoms with van der Waals surface area (Å²) in [5.74, 6) is 1.10. The minimum Gasteiger partial charge on any atom is -0.497 e. The van der Waals surface area contributed by atoms with E-state index in [9.17, 15) is 9.59 Å². The smallest absolute Gasteiger partial charge is 0.251 e. The second kappa shape index (κ2) is 11.0. The van der Waals surface area contributed by atoms with E-state index < -0.39 is 0 Å². The Kier molecular flexibility index (Phi) is 8.09. The number of hydrogen-bond donors (Lipinski definition) is 1. The number of benzene rings is 2. The van der Waals surface area contributed by atoms with Gasteiger partial charge in [-0.3, -0.25) is 9.59 Å². The molecule has 2 aromatic carbocycles. The van der Waals surface area contributed by atoms with Gasteiger partial charge in [0.15, 0.2) is 0 Å². The Bertz CT molecular complexity index is 1100. The van der Waals surface area contributed by atoms with Crippen molar-refractivity contribution in [1.82, 2.24) is 19.8 Å². The van der Waals surface area contributed by atoms with Crippen LogP contribution in [0.2, 0.25) is 0 Å². The maximum atomic E-state index is 13.4. The first-order valence-electron chi connectivity index (χ1n) is 11.6. The zero-order chi connectivity index (χ0) is 24.0. The van der Waals surface area contributed by atoms with E-state index in [0.29, 0.717) is 17.1 Å². The van der Waals surface area contributed by atoms with Gasteiger partial charge in [0, 0.05) is 17.6 Å². The monoisotopic (exact) mass is 450 g/mol. The molecule has 3 rings (SSSR count). The molecule has 0 saturated carbocycles. The molecule has 2 unspecified atom stereocenters. The molecule has 2 atom stereocenters. The highest BCUT2D eigenvalue weighted by atomic mass is 16.5. The number of amides is 2. The Labute approximate surface area is 195 Å². The molecule has 176 valence electrons. The molecule has 0 spiro atoms. The normalized spacial score (nSPS) is 12.9. The molecule has 0 aliphatic carbocycles. The Hall–Kier alpha value is -3.35. The van der Waals surface area contributed by atoms with E-state index in [4.69, 9.17) is 9.72 Å². The van der Waals surface area contributed by atoms with Gasteiger partial charge in [0.2, 0.25) is 5.91 Å². The number of nitrogens with one attached hydrogen (secondary N) is 1. The Morgan fingerprint density at radius 1 is 1.06 bits per heavy atom. The maximum Gasteiger partial charge on any atom is 0.251 e. The van der Waals surface area contributed by atoms with Crippen molar-refractivity contribution in [3.05, 3.63) is 59.9 Å². The first-order valence-corrected chi connectivity index (χ1v) is 11.6. The van der Waals surface area contributed by atoms with Crippen LogP contribution in [-0.4, -0.2) is 45.5 Å². The summed E-state index contributed by atoms with van der Waals surface area (Å²) in [6.07, 6.45) is 1.79. The van der Waals surface area contributed by atoms with Crippen molar-refractivity contribution in [3.63, 3.8) is 0 Å². The van der Waals surface area contributed by atoms with Crippen molar-refractivity contribution in [3.8, 4) is 5.75 Å². The van der Waals surface area contributed by atoms with Gasteiger partial charge in [0.25, 0.3) is 5.91 Å². The highest BCUT2D eigenvalue weighted by Gasteiger charge is 2.25. The number of rotatable bonds is 10. The third-order valence-electron chi connectivity index (χ3n) is 6.19. The summed E-state index contributed by atoms with van der Waals surface area (Å²) in [4.78, 5) is 32.8. The van der Waals surface area contributed by atoms with Gasteiger partial charge in [-0.2, -0.15) is 0 Å². The van der Waals surface area contributed by atoms with Crippen molar-refractivity contribution >= 4 is 22.8 Å². The molecule has 0 aliphatic rings. The lowest BCUT2D eigenvalue weighted by molar-refractivity contribution is -0.136. The molecular formula is C26H34N4O3. The fraction of sp³-hybridized carbons (Fsp3) is 0.423. The van der Waals surface area contributed by atoms with Crippen molar-refractivity contribution in [2.75, 3.05) is 7.11 Å². The Morgan fingerprint density at radius 2 is 1.76 bits per heavy atom. The largest absolute Gasteiger partial charge is 0.497 e. The van der Waals surface area contributed by atoms with Crippen LogP contribution >= 0.6 is 0 Å². The van der Waals surface area contributed by atoms with Gasteiger partial charge in [-0.1, -0.05) is 32.0 Å². The van der Waals surface area contributed by atoms with Crippen molar-refractivity contribution < 1.29 is 14.3 Å². The molecule has 1 N–H and O–H groups in total. The predicted octanol–water partition coefficient (Wildman–Crippen LogP) is 4.40. The molecular weight excluding hydrogens is 416 g/mol. The van der Waals surface area contributed by atoms with Gasteiger partial charge in [-0.15, -0.1) is 0 Å². The molecule has 0 fully saturated rings. The average Bonchev–Trinajstić information content (AvgIpc) is 3.19. The quantitative estimate of drug-likeness (QED) is 0.497. The minimum absolute atomic E-state index is 0.0576. The summed E-state index contributed by atoms with van der Waals surface area (Å²) in [7, 11) is 1.57. The lowest BCUT2D eigenvalue weighted by Gasteiger charge is -2.34. The first-order chi connectivity index (χ1) is 15.9. The highest BCUT2D eigenvalue weighted by Crippen LogP contribution is 2.19. The third-order valence-corrected chi connectivity index (χ3v) is 6.19. The van der Waals surface area contributed by atoms with E-state index in [-0.39, 0.29) is 37.0 Å². The summed E-state index contributed by atoms with van der Waals surface area (Å²) in [6.45, 7) is 8.76. The minimum atomic E-state index is -0.223. The van der Waals surface area contributed by atoms with E-state index in [1.807, 2.05) is 33.7 Å². The molecule has 0 aliphatic heterocycles. The fourth-order valence-corrected chi connectivity index (χ4v) is 4.00. The summed E-state index contributed by atoms with van der Waals surface area (Å²) in [5, 5.41) is 2.94. The van der Waals surface area contributed by atoms with Crippen LogP contribution in [-0.2, 0) is 17.9 Å². The number of ether oxygens (including phenoxy) is 1. The van der Waals surface area contributed by atoms with Crippen LogP contribution in [0, 0.1) is 0 Å². The molecule has 0 saturated heterocycles. The number of hydrogen-bond acceptors (Lipinski definition) is 4. The van der Waals surface area contributed by atoms with E-state index in [0.717, 1.165) is 23.9 Å². The highest BCUT2D eigenvalue weighted by molar-refractivity contribution is 5.94. The lowest BCUT2D eigenvalue weighted by Crippen LogP contribution is -2.46. The standard InChI is InChI=1S/C26H34N4O3/c1-6-18(3)30(19(4)7-2)25(31)17-29-23-14-9-8-13-22(23)28-24(29)16-27-26(32)20-11-10-12-21(15-20)33-5/h8-15,18-19H,6-7,16-17H2,1-5H3,(H,27,32). The molecule has 7 nitrogen and oxygen atoms in total. The number of methoxy groups -OCH3 is 1. The predicted molar refractivity (Wildman–Crippen MR) is 130 cm³/mol. The van der Waals surface area contributed by atoms with E-state index in [2.05, 4.69) is 33.0 Å². The molecule has 33 heavy (non-hydrogen) atoms. The van der Waals surface area contributed by atoms with Gasteiger partial charge in [0.1, 0.15) is 18.1 Å². The number of fused-ring (bicyclic) bond motifs is 1. The van der Waals surface area contributed by atoms with Crippen molar-refractivity contribution in [1.29, 1.82) is 0 Å². The molecule has 2 amide bonds. The van der Waals surface area contributed by atoms with Gasteiger partial charge < -0.3 is 19.5 Å². The van der Waals surface area contributed by atoms with Crippen LogP contribution in [0.5, 0.6) is 5.75 Å². The van der Waals surface area contributed by atoms with E-state index >= 15 is 0 Å². The number of carbonyl (C=O) groups excluding carboxylic acids is 2. The van der Waals surface area contributed by atoms with Gasteiger partial charge >= 0.3 is 0 Å². The van der Waals surface area contributed by atoms with Crippen LogP contribution in [0.15, 0.2) is 48.5 Å². The maximum absolute atomic E-state index is 13.4. The third kappa shape index (κ3) is 5.53. The van der Waals surface area contributed by atoms with Crippen molar-refractivity contribution in [2.45, 2.75) is 65.7 Å². The van der Waals surface area contributed by atoms with Crippen LogP contribution in [0.25, 0.3) is 11.0 Å².